The Labute approximate surface area is 118 Å². The van der Waals surface area contributed by atoms with Crippen molar-refractivity contribution in [1.29, 1.82) is 0 Å². The van der Waals surface area contributed by atoms with Crippen LogP contribution in [0.15, 0.2) is 11.4 Å². The summed E-state index contributed by atoms with van der Waals surface area (Å²) in [6.07, 6.45) is 1.22. The Morgan fingerprint density at radius 2 is 2.15 bits per heavy atom. The molecule has 0 aliphatic heterocycles. The number of nitrogens with one attached hydrogen (secondary N) is 1. The fourth-order valence-corrected chi connectivity index (χ4v) is 1.74. The highest BCUT2D eigenvalue weighted by molar-refractivity contribution is 7.99. The lowest BCUT2D eigenvalue weighted by Crippen LogP contribution is -2.36. The SMILES string of the molecule is CCOC(=O)c1cnc(SCC(=O)NC(N)=O)nc1N. The van der Waals surface area contributed by atoms with Crippen LogP contribution in [-0.2, 0) is 9.53 Å². The van der Waals surface area contributed by atoms with Gasteiger partial charge in [0.15, 0.2) is 5.16 Å². The van der Waals surface area contributed by atoms with Crippen LogP contribution < -0.4 is 16.8 Å². The van der Waals surface area contributed by atoms with Gasteiger partial charge in [0.25, 0.3) is 0 Å². The van der Waals surface area contributed by atoms with Crippen LogP contribution >= 0.6 is 11.8 Å². The number of aromatic nitrogens is 2. The van der Waals surface area contributed by atoms with Gasteiger partial charge in [0.2, 0.25) is 5.91 Å². The van der Waals surface area contributed by atoms with Gasteiger partial charge in [-0.25, -0.2) is 19.6 Å². The molecule has 1 aromatic rings. The number of ether oxygens (including phenoxy) is 1. The number of urea groups is 1. The number of nitrogens with two attached hydrogens (primary N) is 2. The van der Waals surface area contributed by atoms with Gasteiger partial charge in [-0.05, 0) is 6.92 Å². The molecule has 0 unspecified atom stereocenters. The lowest BCUT2D eigenvalue weighted by atomic mass is 10.3. The second-order valence-corrected chi connectivity index (χ2v) is 4.32. The molecule has 1 heterocycles. The minimum atomic E-state index is -0.936. The molecule has 108 valence electrons. The van der Waals surface area contributed by atoms with E-state index in [2.05, 4.69) is 9.97 Å². The smallest absolute Gasteiger partial charge is 0.343 e. The molecule has 0 aliphatic rings. The first-order valence-corrected chi connectivity index (χ1v) is 6.44. The van der Waals surface area contributed by atoms with E-state index in [-0.39, 0.29) is 28.9 Å². The van der Waals surface area contributed by atoms with Crippen LogP contribution in [-0.4, -0.2) is 40.2 Å². The Kier molecular flexibility index (Phi) is 5.72. The van der Waals surface area contributed by atoms with Gasteiger partial charge in [-0.3, -0.25) is 10.1 Å². The van der Waals surface area contributed by atoms with Gasteiger partial charge in [-0.15, -0.1) is 0 Å². The first kappa shape index (κ1) is 15.7. The fourth-order valence-electron chi connectivity index (χ4n) is 1.12. The van der Waals surface area contributed by atoms with Crippen LogP contribution in [0.2, 0.25) is 0 Å². The number of carbonyl (C=O) groups excluding carboxylic acids is 3. The molecule has 0 aliphatic carbocycles. The first-order chi connectivity index (χ1) is 9.43. The molecule has 20 heavy (non-hydrogen) atoms. The molecular formula is C10H13N5O4S. The number of esters is 1. The van der Waals surface area contributed by atoms with Crippen molar-refractivity contribution in [1.82, 2.24) is 15.3 Å². The van der Waals surface area contributed by atoms with Crippen LogP contribution in [0.5, 0.6) is 0 Å². The van der Waals surface area contributed by atoms with Crippen LogP contribution in [0.3, 0.4) is 0 Å². The third-order valence-corrected chi connectivity index (χ3v) is 2.75. The van der Waals surface area contributed by atoms with Crippen molar-refractivity contribution in [2.24, 2.45) is 5.73 Å². The summed E-state index contributed by atoms with van der Waals surface area (Å²) in [5, 5.41) is 2.08. The Morgan fingerprint density at radius 3 is 2.70 bits per heavy atom. The summed E-state index contributed by atoms with van der Waals surface area (Å²) in [7, 11) is 0. The van der Waals surface area contributed by atoms with Crippen molar-refractivity contribution in [3.8, 4) is 0 Å². The van der Waals surface area contributed by atoms with Crippen LogP contribution in [0.25, 0.3) is 0 Å². The second kappa shape index (κ2) is 7.28. The number of amides is 3. The van der Waals surface area contributed by atoms with Crippen molar-refractivity contribution < 1.29 is 19.1 Å². The van der Waals surface area contributed by atoms with E-state index in [1.165, 1.54) is 6.20 Å². The number of imide groups is 1. The van der Waals surface area contributed by atoms with Crippen LogP contribution in [0, 0.1) is 0 Å². The number of hydrogen-bond acceptors (Lipinski definition) is 8. The van der Waals surface area contributed by atoms with Gasteiger partial charge in [-0.2, -0.15) is 0 Å². The molecule has 5 N–H and O–H groups in total. The zero-order valence-electron chi connectivity index (χ0n) is 10.6. The van der Waals surface area contributed by atoms with E-state index >= 15 is 0 Å². The van der Waals surface area contributed by atoms with Gasteiger partial charge < -0.3 is 16.2 Å². The highest BCUT2D eigenvalue weighted by Crippen LogP contribution is 2.16. The van der Waals surface area contributed by atoms with Crippen molar-refractivity contribution in [2.75, 3.05) is 18.1 Å². The molecule has 0 atom stereocenters. The number of anilines is 1. The van der Waals surface area contributed by atoms with Crippen molar-refractivity contribution in [3.63, 3.8) is 0 Å². The monoisotopic (exact) mass is 299 g/mol. The summed E-state index contributed by atoms with van der Waals surface area (Å²) in [5.41, 5.74) is 10.4. The Hall–Kier alpha value is -2.36. The van der Waals surface area contributed by atoms with Crippen molar-refractivity contribution >= 4 is 35.5 Å². The standard InChI is InChI=1S/C10H13N5O4S/c1-2-19-8(17)5-3-13-10(15-7(5)11)20-4-6(16)14-9(12)18/h3H,2,4H2,1H3,(H2,11,13,15)(H3,12,14,16,18). The van der Waals surface area contributed by atoms with E-state index in [0.29, 0.717) is 0 Å². The maximum Gasteiger partial charge on any atom is 0.343 e. The molecule has 9 nitrogen and oxygen atoms in total. The molecule has 0 bridgehead atoms. The third kappa shape index (κ3) is 4.72. The van der Waals surface area contributed by atoms with E-state index in [0.717, 1.165) is 11.8 Å². The Balaban J connectivity index is 2.66. The zero-order chi connectivity index (χ0) is 15.1. The largest absolute Gasteiger partial charge is 0.462 e. The average Bonchev–Trinajstić information content (AvgIpc) is 2.35. The van der Waals surface area contributed by atoms with Gasteiger partial charge >= 0.3 is 12.0 Å². The highest BCUT2D eigenvalue weighted by atomic mass is 32.2. The predicted octanol–water partition coefficient (Wildman–Crippen LogP) is -0.477. The van der Waals surface area contributed by atoms with Crippen molar-refractivity contribution in [3.05, 3.63) is 11.8 Å². The summed E-state index contributed by atoms with van der Waals surface area (Å²) in [5.74, 6) is -1.36. The van der Waals surface area contributed by atoms with E-state index in [4.69, 9.17) is 16.2 Å². The molecule has 0 aromatic carbocycles. The summed E-state index contributed by atoms with van der Waals surface area (Å²) >= 11 is 0.944. The van der Waals surface area contributed by atoms with E-state index in [1.807, 2.05) is 5.32 Å². The minimum Gasteiger partial charge on any atom is -0.462 e. The molecule has 0 fully saturated rings. The number of primary amides is 1. The fraction of sp³-hybridized carbons (Fsp3) is 0.300. The topological polar surface area (TPSA) is 150 Å². The Morgan fingerprint density at radius 1 is 1.45 bits per heavy atom. The van der Waals surface area contributed by atoms with Gasteiger partial charge in [-0.1, -0.05) is 11.8 Å². The molecule has 3 amide bonds. The summed E-state index contributed by atoms with van der Waals surface area (Å²) in [6, 6.07) is -0.936. The van der Waals surface area contributed by atoms with Gasteiger partial charge in [0.1, 0.15) is 11.4 Å². The van der Waals surface area contributed by atoms with Gasteiger partial charge in [0.05, 0.1) is 12.4 Å². The van der Waals surface area contributed by atoms with E-state index in [1.54, 1.807) is 6.92 Å². The zero-order valence-corrected chi connectivity index (χ0v) is 11.4. The normalized spacial score (nSPS) is 9.85. The number of hydrogen-bond donors (Lipinski definition) is 3. The van der Waals surface area contributed by atoms with Crippen molar-refractivity contribution in [2.45, 2.75) is 12.1 Å². The summed E-state index contributed by atoms with van der Waals surface area (Å²) < 4.78 is 4.77. The Bertz CT molecular complexity index is 536. The first-order valence-electron chi connectivity index (χ1n) is 5.45. The lowest BCUT2D eigenvalue weighted by molar-refractivity contribution is -0.117. The maximum atomic E-state index is 11.5. The number of nitrogens with zero attached hydrogens (tertiary/aromatic N) is 2. The highest BCUT2D eigenvalue weighted by Gasteiger charge is 2.14. The second-order valence-electron chi connectivity index (χ2n) is 3.37. The minimum absolute atomic E-state index is 0.0451. The molecule has 0 saturated heterocycles. The number of rotatable bonds is 5. The van der Waals surface area contributed by atoms with E-state index in [9.17, 15) is 14.4 Å². The molecule has 0 spiro atoms. The third-order valence-electron chi connectivity index (χ3n) is 1.89. The number of carbonyl (C=O) groups is 3. The maximum absolute atomic E-state index is 11.5. The van der Waals surface area contributed by atoms with E-state index < -0.39 is 17.9 Å². The predicted molar refractivity (Wildman–Crippen MR) is 70.9 cm³/mol. The summed E-state index contributed by atoms with van der Waals surface area (Å²) in [6.45, 7) is 1.87. The summed E-state index contributed by atoms with van der Waals surface area (Å²) in [4.78, 5) is 40.8. The molecule has 0 saturated carbocycles. The number of thioether (sulfide) groups is 1. The lowest BCUT2D eigenvalue weighted by Gasteiger charge is -2.05. The van der Waals surface area contributed by atoms with Gasteiger partial charge in [0, 0.05) is 6.20 Å². The molecule has 1 aromatic heterocycles. The van der Waals surface area contributed by atoms with Crippen LogP contribution in [0.4, 0.5) is 10.6 Å². The average molecular weight is 299 g/mol. The van der Waals surface area contributed by atoms with Crippen LogP contribution in [0.1, 0.15) is 17.3 Å². The molecule has 1 rings (SSSR count). The molecular weight excluding hydrogens is 286 g/mol. The quantitative estimate of drug-likeness (QED) is 0.375. The molecule has 10 heteroatoms. The number of nitrogen functional groups attached to an aromatic ring is 1. The molecule has 0 radical (unpaired) electrons.